The van der Waals surface area contributed by atoms with Crippen LogP contribution in [0.3, 0.4) is 0 Å². The fraction of sp³-hybridized carbons (Fsp3) is 0.235. The van der Waals surface area contributed by atoms with E-state index in [0.29, 0.717) is 11.4 Å². The van der Waals surface area contributed by atoms with Gasteiger partial charge in [-0.2, -0.15) is 0 Å². The number of aryl methyl sites for hydroxylation is 3. The maximum Gasteiger partial charge on any atom is 0.262 e. The van der Waals surface area contributed by atoms with E-state index < -0.39 is 5.82 Å². The number of carbonyl (C=O) groups is 1. The van der Waals surface area contributed by atoms with Crippen molar-refractivity contribution in [2.75, 3.05) is 11.9 Å². The fourth-order valence-corrected chi connectivity index (χ4v) is 2.52. The zero-order valence-electron chi connectivity index (χ0n) is 12.7. The minimum absolute atomic E-state index is 0.140. The Kier molecular flexibility index (Phi) is 5.03. The van der Waals surface area contributed by atoms with Crippen LogP contribution in [0.1, 0.15) is 16.7 Å². The molecule has 0 aliphatic rings. The first kappa shape index (κ1) is 16.3. The summed E-state index contributed by atoms with van der Waals surface area (Å²) < 4.78 is 18.5. The van der Waals surface area contributed by atoms with Crippen LogP contribution >= 0.6 is 11.6 Å². The van der Waals surface area contributed by atoms with Crippen LogP contribution in [0.4, 0.5) is 10.1 Å². The monoisotopic (exact) mass is 321 g/mol. The lowest BCUT2D eigenvalue weighted by atomic mass is 10.1. The number of halogens is 2. The second kappa shape index (κ2) is 6.79. The number of amides is 1. The molecule has 0 saturated carbocycles. The number of anilines is 1. The van der Waals surface area contributed by atoms with Crippen LogP contribution < -0.4 is 10.1 Å². The molecule has 0 aromatic heterocycles. The largest absolute Gasteiger partial charge is 0.483 e. The Morgan fingerprint density at radius 1 is 1.18 bits per heavy atom. The molecule has 0 radical (unpaired) electrons. The standard InChI is InChI=1S/C17H17ClFNO2/c1-10-6-11(2)17(12(3)7-10)22-9-16(21)20-15-5-4-13(19)8-14(15)18/h4-8H,9H2,1-3H3,(H,20,21). The lowest BCUT2D eigenvalue weighted by molar-refractivity contribution is -0.118. The topological polar surface area (TPSA) is 38.3 Å². The summed E-state index contributed by atoms with van der Waals surface area (Å²) in [5.74, 6) is -0.107. The Balaban J connectivity index is 2.02. The molecule has 116 valence electrons. The van der Waals surface area contributed by atoms with Crippen molar-refractivity contribution in [2.45, 2.75) is 20.8 Å². The third kappa shape index (κ3) is 3.98. The summed E-state index contributed by atoms with van der Waals surface area (Å²) in [7, 11) is 0. The third-order valence-corrected chi connectivity index (χ3v) is 3.47. The number of hydrogen-bond donors (Lipinski definition) is 1. The number of hydrogen-bond acceptors (Lipinski definition) is 2. The highest BCUT2D eigenvalue weighted by Gasteiger charge is 2.10. The molecular weight excluding hydrogens is 305 g/mol. The van der Waals surface area contributed by atoms with Crippen LogP contribution in [0.5, 0.6) is 5.75 Å². The molecule has 0 bridgehead atoms. The Bertz CT molecular complexity index is 693. The lowest BCUT2D eigenvalue weighted by Gasteiger charge is -2.13. The molecule has 5 heteroatoms. The second-order valence-corrected chi connectivity index (χ2v) is 5.60. The van der Waals surface area contributed by atoms with Gasteiger partial charge in [-0.25, -0.2) is 4.39 Å². The van der Waals surface area contributed by atoms with Gasteiger partial charge in [0.25, 0.3) is 5.91 Å². The molecule has 1 N–H and O–H groups in total. The van der Waals surface area contributed by atoms with Gasteiger partial charge in [-0.3, -0.25) is 4.79 Å². The molecule has 3 nitrogen and oxygen atoms in total. The van der Waals surface area contributed by atoms with E-state index in [0.717, 1.165) is 22.8 Å². The van der Waals surface area contributed by atoms with E-state index >= 15 is 0 Å². The normalized spacial score (nSPS) is 10.4. The molecule has 0 heterocycles. The average molecular weight is 322 g/mol. The average Bonchev–Trinajstić information content (AvgIpc) is 2.40. The SMILES string of the molecule is Cc1cc(C)c(OCC(=O)Nc2ccc(F)cc2Cl)c(C)c1. The number of benzene rings is 2. The first-order valence-corrected chi connectivity index (χ1v) is 7.20. The van der Waals surface area contributed by atoms with E-state index in [9.17, 15) is 9.18 Å². The van der Waals surface area contributed by atoms with Crippen LogP contribution in [0.15, 0.2) is 30.3 Å². The lowest BCUT2D eigenvalue weighted by Crippen LogP contribution is -2.21. The van der Waals surface area contributed by atoms with Gasteiger partial charge in [0.1, 0.15) is 11.6 Å². The predicted octanol–water partition coefficient (Wildman–Crippen LogP) is 4.42. The highest BCUT2D eigenvalue weighted by Crippen LogP contribution is 2.25. The molecule has 0 aliphatic carbocycles. The van der Waals surface area contributed by atoms with Crippen LogP contribution in [0.2, 0.25) is 5.02 Å². The fourth-order valence-electron chi connectivity index (χ4n) is 2.31. The van der Waals surface area contributed by atoms with Crippen molar-refractivity contribution in [1.82, 2.24) is 0 Å². The zero-order valence-corrected chi connectivity index (χ0v) is 13.4. The summed E-state index contributed by atoms with van der Waals surface area (Å²) in [6, 6.07) is 7.79. The van der Waals surface area contributed by atoms with Gasteiger partial charge in [-0.05, 0) is 50.1 Å². The maximum atomic E-state index is 13.0. The van der Waals surface area contributed by atoms with Crippen LogP contribution in [-0.2, 0) is 4.79 Å². The van der Waals surface area contributed by atoms with Crippen molar-refractivity contribution in [1.29, 1.82) is 0 Å². The molecule has 1 amide bonds. The van der Waals surface area contributed by atoms with E-state index in [2.05, 4.69) is 5.32 Å². The zero-order chi connectivity index (χ0) is 16.3. The third-order valence-electron chi connectivity index (χ3n) is 3.16. The summed E-state index contributed by atoms with van der Waals surface area (Å²) in [5.41, 5.74) is 3.45. The molecule has 2 aromatic carbocycles. The molecule has 22 heavy (non-hydrogen) atoms. The number of nitrogens with one attached hydrogen (secondary N) is 1. The summed E-state index contributed by atoms with van der Waals surface area (Å²) in [6.45, 7) is 5.74. The van der Waals surface area contributed by atoms with Gasteiger partial charge >= 0.3 is 0 Å². The molecule has 0 aliphatic heterocycles. The quantitative estimate of drug-likeness (QED) is 0.905. The predicted molar refractivity (Wildman–Crippen MR) is 86.2 cm³/mol. The summed E-state index contributed by atoms with van der Waals surface area (Å²) >= 11 is 5.86. The van der Waals surface area contributed by atoms with Gasteiger partial charge in [0.2, 0.25) is 0 Å². The van der Waals surface area contributed by atoms with Crippen molar-refractivity contribution in [3.8, 4) is 5.75 Å². The first-order valence-electron chi connectivity index (χ1n) is 6.82. The van der Waals surface area contributed by atoms with E-state index in [1.54, 1.807) is 0 Å². The van der Waals surface area contributed by atoms with E-state index in [1.165, 1.54) is 12.1 Å². The van der Waals surface area contributed by atoms with Crippen LogP contribution in [-0.4, -0.2) is 12.5 Å². The minimum atomic E-state index is -0.454. The van der Waals surface area contributed by atoms with Crippen molar-refractivity contribution in [2.24, 2.45) is 0 Å². The van der Waals surface area contributed by atoms with Gasteiger partial charge < -0.3 is 10.1 Å². The molecular formula is C17H17ClFNO2. The second-order valence-electron chi connectivity index (χ2n) is 5.19. The number of rotatable bonds is 4. The summed E-state index contributed by atoms with van der Waals surface area (Å²) in [6.07, 6.45) is 0. The first-order chi connectivity index (χ1) is 10.4. The highest BCUT2D eigenvalue weighted by molar-refractivity contribution is 6.33. The molecule has 0 atom stereocenters. The summed E-state index contributed by atoms with van der Waals surface area (Å²) in [5, 5.41) is 2.74. The van der Waals surface area contributed by atoms with Crippen molar-refractivity contribution >= 4 is 23.2 Å². The smallest absolute Gasteiger partial charge is 0.262 e. The molecule has 0 spiro atoms. The Labute approximate surface area is 134 Å². The Morgan fingerprint density at radius 2 is 1.82 bits per heavy atom. The van der Waals surface area contributed by atoms with Gasteiger partial charge in [-0.1, -0.05) is 29.3 Å². The van der Waals surface area contributed by atoms with Gasteiger partial charge in [0.15, 0.2) is 6.61 Å². The molecule has 2 aromatic rings. The van der Waals surface area contributed by atoms with Crippen molar-refractivity contribution in [3.05, 3.63) is 57.9 Å². The van der Waals surface area contributed by atoms with Crippen LogP contribution in [0.25, 0.3) is 0 Å². The summed E-state index contributed by atoms with van der Waals surface area (Å²) in [4.78, 5) is 11.9. The number of ether oxygens (including phenoxy) is 1. The Hall–Kier alpha value is -2.07. The minimum Gasteiger partial charge on any atom is -0.483 e. The molecule has 0 fully saturated rings. The van der Waals surface area contributed by atoms with Gasteiger partial charge in [-0.15, -0.1) is 0 Å². The maximum absolute atomic E-state index is 13.0. The van der Waals surface area contributed by atoms with E-state index in [-0.39, 0.29) is 17.5 Å². The van der Waals surface area contributed by atoms with E-state index in [1.807, 2.05) is 32.9 Å². The Morgan fingerprint density at radius 3 is 2.41 bits per heavy atom. The highest BCUT2D eigenvalue weighted by atomic mass is 35.5. The molecule has 0 unspecified atom stereocenters. The van der Waals surface area contributed by atoms with Crippen molar-refractivity contribution < 1.29 is 13.9 Å². The van der Waals surface area contributed by atoms with Gasteiger partial charge in [0, 0.05) is 0 Å². The van der Waals surface area contributed by atoms with Gasteiger partial charge in [0.05, 0.1) is 10.7 Å². The molecule has 0 saturated heterocycles. The number of carbonyl (C=O) groups excluding carboxylic acids is 1. The van der Waals surface area contributed by atoms with E-state index in [4.69, 9.17) is 16.3 Å². The van der Waals surface area contributed by atoms with Crippen LogP contribution in [0, 0.1) is 26.6 Å². The molecule has 2 rings (SSSR count). The van der Waals surface area contributed by atoms with Crippen molar-refractivity contribution in [3.63, 3.8) is 0 Å².